The molecule has 1 nitrogen and oxygen atoms in total. The Bertz CT molecular complexity index is 274. The number of hydrogen-bond donors (Lipinski definition) is 1. The summed E-state index contributed by atoms with van der Waals surface area (Å²) in [6, 6.07) is 8.47. The molecule has 0 radical (unpaired) electrons. The van der Waals surface area contributed by atoms with Crippen molar-refractivity contribution in [3.8, 4) is 0 Å². The van der Waals surface area contributed by atoms with Gasteiger partial charge >= 0.3 is 0 Å². The van der Waals surface area contributed by atoms with Crippen molar-refractivity contribution in [3.05, 3.63) is 35.4 Å². The maximum absolute atomic E-state index is 6.25. The number of benzene rings is 1. The van der Waals surface area contributed by atoms with Crippen molar-refractivity contribution >= 4 is 28.6 Å². The normalized spacial score (nSPS) is 25.9. The first kappa shape index (κ1) is 12.0. The number of rotatable bonds is 0. The number of nitrogens with one attached hydrogen (secondary N) is 1. The van der Waals surface area contributed by atoms with Gasteiger partial charge in [0.15, 0.2) is 0 Å². The zero-order chi connectivity index (χ0) is 9.26. The van der Waals surface area contributed by atoms with Gasteiger partial charge in [-0.2, -0.15) is 0 Å². The number of alkyl halides is 1. The quantitative estimate of drug-likeness (QED) is 0.717. The Hall–Kier alpha value is -0.0500. The molecule has 0 aliphatic carbocycles. The van der Waals surface area contributed by atoms with Crippen molar-refractivity contribution in [2.24, 2.45) is 0 Å². The van der Waals surface area contributed by atoms with Gasteiger partial charge in [0.25, 0.3) is 0 Å². The van der Waals surface area contributed by atoms with E-state index in [9.17, 15) is 0 Å². The first-order chi connectivity index (χ1) is 6.29. The number of halogens is 2. The zero-order valence-corrected chi connectivity index (χ0v) is 10.6. The maximum Gasteiger partial charge on any atom is 0.0712 e. The summed E-state index contributed by atoms with van der Waals surface area (Å²) in [5, 5.41) is 3.49. The van der Waals surface area contributed by atoms with Gasteiger partial charge in [0.05, 0.1) is 5.38 Å². The van der Waals surface area contributed by atoms with Crippen LogP contribution in [-0.4, -0.2) is 13.1 Å². The Labute approximate surface area is 101 Å². The van der Waals surface area contributed by atoms with Crippen LogP contribution < -0.4 is 5.32 Å². The molecule has 0 fully saturated rings. The van der Waals surface area contributed by atoms with Gasteiger partial charge < -0.3 is 5.32 Å². The molecule has 1 aromatic rings. The molecule has 1 N–H and O–H groups in total. The smallest absolute Gasteiger partial charge is 0.0712 e. The fourth-order valence-corrected chi connectivity index (χ4v) is 2.20. The summed E-state index contributed by atoms with van der Waals surface area (Å²) in [4.78, 5) is 0. The third kappa shape index (κ3) is 2.30. The molecule has 14 heavy (non-hydrogen) atoms. The largest absolute Gasteiger partial charge is 0.314 e. The molecule has 0 saturated carbocycles. The van der Waals surface area contributed by atoms with Gasteiger partial charge in [-0.1, -0.05) is 31.2 Å². The Kier molecular flexibility index (Phi) is 4.42. The molecule has 1 heterocycles. The van der Waals surface area contributed by atoms with E-state index in [1.165, 1.54) is 11.1 Å². The van der Waals surface area contributed by atoms with Crippen LogP contribution in [0.2, 0.25) is 0 Å². The highest BCUT2D eigenvalue weighted by atomic mass is 79.9. The van der Waals surface area contributed by atoms with E-state index in [1.54, 1.807) is 0 Å². The molecule has 3 heteroatoms. The van der Waals surface area contributed by atoms with E-state index < -0.39 is 0 Å². The molecule has 0 amide bonds. The van der Waals surface area contributed by atoms with E-state index >= 15 is 0 Å². The molecule has 0 saturated heterocycles. The summed E-state index contributed by atoms with van der Waals surface area (Å²) in [6.07, 6.45) is 0. The molecule has 0 aromatic heterocycles. The SMILES string of the molecule is Br.CC1CNCC(Cl)c2ccccc21. The highest BCUT2D eigenvalue weighted by molar-refractivity contribution is 8.93. The Morgan fingerprint density at radius 2 is 1.86 bits per heavy atom. The zero-order valence-electron chi connectivity index (χ0n) is 8.16. The van der Waals surface area contributed by atoms with Gasteiger partial charge in [0.2, 0.25) is 0 Å². The maximum atomic E-state index is 6.25. The molecular weight excluding hydrogens is 261 g/mol. The second-order valence-corrected chi connectivity index (χ2v) is 4.18. The van der Waals surface area contributed by atoms with Crippen molar-refractivity contribution in [3.63, 3.8) is 0 Å². The molecule has 1 aromatic carbocycles. The van der Waals surface area contributed by atoms with E-state index in [0.717, 1.165) is 13.1 Å². The Balaban J connectivity index is 0.000000980. The molecule has 2 atom stereocenters. The van der Waals surface area contributed by atoms with Gasteiger partial charge in [-0.25, -0.2) is 0 Å². The fourth-order valence-electron chi connectivity index (χ4n) is 1.89. The first-order valence-electron chi connectivity index (χ1n) is 4.72. The van der Waals surface area contributed by atoms with Crippen molar-refractivity contribution in [2.45, 2.75) is 18.2 Å². The van der Waals surface area contributed by atoms with E-state index in [2.05, 4.69) is 36.5 Å². The molecule has 1 aliphatic heterocycles. The second kappa shape index (κ2) is 5.15. The average molecular weight is 277 g/mol. The van der Waals surface area contributed by atoms with Crippen LogP contribution in [-0.2, 0) is 0 Å². The minimum atomic E-state index is 0. The minimum absolute atomic E-state index is 0. The highest BCUT2D eigenvalue weighted by Crippen LogP contribution is 2.30. The van der Waals surface area contributed by atoms with Crippen LogP contribution in [0.15, 0.2) is 24.3 Å². The standard InChI is InChI=1S/C11H14ClN.BrH/c1-8-6-13-7-11(12)10-5-3-2-4-9(8)10;/h2-5,8,11,13H,6-7H2,1H3;1H. The summed E-state index contributed by atoms with van der Waals surface area (Å²) in [5.74, 6) is 0.569. The summed E-state index contributed by atoms with van der Waals surface area (Å²) < 4.78 is 0. The highest BCUT2D eigenvalue weighted by Gasteiger charge is 2.19. The Morgan fingerprint density at radius 3 is 2.57 bits per heavy atom. The van der Waals surface area contributed by atoms with E-state index in [4.69, 9.17) is 11.6 Å². The van der Waals surface area contributed by atoms with Crippen LogP contribution in [0.25, 0.3) is 0 Å². The third-order valence-electron chi connectivity index (χ3n) is 2.64. The van der Waals surface area contributed by atoms with Gasteiger partial charge in [0.1, 0.15) is 0 Å². The van der Waals surface area contributed by atoms with Crippen LogP contribution >= 0.6 is 28.6 Å². The van der Waals surface area contributed by atoms with Crippen molar-refractivity contribution in [1.29, 1.82) is 0 Å². The van der Waals surface area contributed by atoms with Crippen LogP contribution in [0, 0.1) is 0 Å². The molecule has 78 valence electrons. The van der Waals surface area contributed by atoms with Crippen LogP contribution in [0.5, 0.6) is 0 Å². The topological polar surface area (TPSA) is 12.0 Å². The third-order valence-corrected chi connectivity index (χ3v) is 3.03. The minimum Gasteiger partial charge on any atom is -0.314 e. The predicted octanol–water partition coefficient (Wildman–Crippen LogP) is 3.25. The first-order valence-corrected chi connectivity index (χ1v) is 5.16. The molecule has 0 spiro atoms. The number of fused-ring (bicyclic) bond motifs is 1. The second-order valence-electron chi connectivity index (χ2n) is 3.66. The lowest BCUT2D eigenvalue weighted by atomic mass is 9.95. The number of hydrogen-bond acceptors (Lipinski definition) is 1. The van der Waals surface area contributed by atoms with Gasteiger partial charge in [-0.3, -0.25) is 0 Å². The molecular formula is C11H15BrClN. The summed E-state index contributed by atoms with van der Waals surface area (Å²) >= 11 is 6.25. The summed E-state index contributed by atoms with van der Waals surface area (Å²) in [5.41, 5.74) is 2.69. The van der Waals surface area contributed by atoms with Crippen LogP contribution in [0.3, 0.4) is 0 Å². The molecule has 2 unspecified atom stereocenters. The molecule has 0 bridgehead atoms. The molecule has 1 aliphatic rings. The predicted molar refractivity (Wildman–Crippen MR) is 66.6 cm³/mol. The Morgan fingerprint density at radius 1 is 1.21 bits per heavy atom. The van der Waals surface area contributed by atoms with Gasteiger partial charge in [-0.15, -0.1) is 28.6 Å². The van der Waals surface area contributed by atoms with Crippen molar-refractivity contribution in [2.75, 3.05) is 13.1 Å². The van der Waals surface area contributed by atoms with E-state index in [0.29, 0.717) is 5.92 Å². The lowest BCUT2D eigenvalue weighted by Gasteiger charge is -2.12. The van der Waals surface area contributed by atoms with Crippen LogP contribution in [0.1, 0.15) is 29.3 Å². The lowest BCUT2D eigenvalue weighted by molar-refractivity contribution is 0.639. The van der Waals surface area contributed by atoms with Gasteiger partial charge in [0, 0.05) is 13.1 Å². The summed E-state index contributed by atoms with van der Waals surface area (Å²) in [7, 11) is 0. The van der Waals surface area contributed by atoms with E-state index in [1.807, 2.05) is 0 Å². The average Bonchev–Trinajstić information content (AvgIpc) is 2.29. The van der Waals surface area contributed by atoms with Gasteiger partial charge in [-0.05, 0) is 17.0 Å². The lowest BCUT2D eigenvalue weighted by Crippen LogP contribution is -2.19. The van der Waals surface area contributed by atoms with Crippen molar-refractivity contribution < 1.29 is 0 Å². The fraction of sp³-hybridized carbons (Fsp3) is 0.455. The summed E-state index contributed by atoms with van der Waals surface area (Å²) in [6.45, 7) is 4.14. The van der Waals surface area contributed by atoms with Crippen LogP contribution in [0.4, 0.5) is 0 Å². The van der Waals surface area contributed by atoms with E-state index in [-0.39, 0.29) is 22.4 Å². The van der Waals surface area contributed by atoms with Crippen molar-refractivity contribution in [1.82, 2.24) is 5.32 Å². The monoisotopic (exact) mass is 275 g/mol. The molecule has 2 rings (SSSR count).